The van der Waals surface area contributed by atoms with E-state index in [1.807, 2.05) is 0 Å². The summed E-state index contributed by atoms with van der Waals surface area (Å²) in [5, 5.41) is 3.49. The zero-order chi connectivity index (χ0) is 11.1. The Morgan fingerprint density at radius 3 is 2.53 bits per heavy atom. The van der Waals surface area contributed by atoms with Crippen molar-refractivity contribution in [3.63, 3.8) is 0 Å². The molecule has 0 amide bonds. The standard InChI is InChI=1S/C10H21NO3S/c1-10(6-3-2-4-7-10)11-8-5-9-14-15(12)13/h11,15H,2-9H2,1H3. The van der Waals surface area contributed by atoms with Gasteiger partial charge in [-0.25, -0.2) is 8.42 Å². The first-order valence-electron chi connectivity index (χ1n) is 5.65. The fourth-order valence-corrected chi connectivity index (χ4v) is 2.39. The lowest BCUT2D eigenvalue weighted by Crippen LogP contribution is -2.44. The predicted octanol–water partition coefficient (Wildman–Crippen LogP) is 1.23. The first-order chi connectivity index (χ1) is 7.12. The Kier molecular flexibility index (Phi) is 5.56. The van der Waals surface area contributed by atoms with Crippen molar-refractivity contribution in [3.05, 3.63) is 0 Å². The number of thiol groups is 1. The first-order valence-corrected chi connectivity index (χ1v) is 6.74. The molecule has 0 unspecified atom stereocenters. The van der Waals surface area contributed by atoms with Gasteiger partial charge >= 0.3 is 0 Å². The van der Waals surface area contributed by atoms with Crippen molar-refractivity contribution in [2.45, 2.75) is 51.0 Å². The zero-order valence-electron chi connectivity index (χ0n) is 9.33. The van der Waals surface area contributed by atoms with Gasteiger partial charge in [-0.1, -0.05) is 19.3 Å². The highest BCUT2D eigenvalue weighted by molar-refractivity contribution is 7.67. The van der Waals surface area contributed by atoms with Crippen LogP contribution < -0.4 is 5.32 Å². The molecule has 1 fully saturated rings. The summed E-state index contributed by atoms with van der Waals surface area (Å²) in [6, 6.07) is 0. The van der Waals surface area contributed by atoms with Crippen LogP contribution in [0.4, 0.5) is 0 Å². The largest absolute Gasteiger partial charge is 0.311 e. The summed E-state index contributed by atoms with van der Waals surface area (Å²) >= 11 is 0. The Hall–Kier alpha value is -0.130. The second-order valence-corrected chi connectivity index (χ2v) is 5.16. The van der Waals surface area contributed by atoms with Crippen molar-refractivity contribution in [3.8, 4) is 0 Å². The van der Waals surface area contributed by atoms with Gasteiger partial charge in [-0.05, 0) is 32.7 Å². The minimum atomic E-state index is -2.67. The Morgan fingerprint density at radius 2 is 1.93 bits per heavy atom. The van der Waals surface area contributed by atoms with Gasteiger partial charge in [0.2, 0.25) is 0 Å². The predicted molar refractivity (Wildman–Crippen MR) is 60.4 cm³/mol. The number of hydrogen-bond donors (Lipinski definition) is 2. The third kappa shape index (κ3) is 5.49. The summed E-state index contributed by atoms with van der Waals surface area (Å²) in [6.45, 7) is 3.38. The fraction of sp³-hybridized carbons (Fsp3) is 1.00. The lowest BCUT2D eigenvalue weighted by atomic mass is 9.83. The molecule has 0 heterocycles. The van der Waals surface area contributed by atoms with E-state index in [0.29, 0.717) is 6.61 Å². The van der Waals surface area contributed by atoms with Gasteiger partial charge in [-0.3, -0.25) is 4.18 Å². The van der Waals surface area contributed by atoms with Crippen LogP contribution in [-0.4, -0.2) is 27.1 Å². The van der Waals surface area contributed by atoms with E-state index in [9.17, 15) is 8.42 Å². The van der Waals surface area contributed by atoms with Crippen molar-refractivity contribution in [2.75, 3.05) is 13.2 Å². The van der Waals surface area contributed by atoms with Gasteiger partial charge < -0.3 is 5.32 Å². The van der Waals surface area contributed by atoms with Crippen molar-refractivity contribution < 1.29 is 12.6 Å². The van der Waals surface area contributed by atoms with Crippen LogP contribution in [-0.2, 0) is 15.2 Å². The molecule has 0 bridgehead atoms. The second kappa shape index (κ2) is 6.45. The van der Waals surface area contributed by atoms with Crippen LogP contribution in [0.5, 0.6) is 0 Å². The summed E-state index contributed by atoms with van der Waals surface area (Å²) in [7, 11) is -2.67. The molecule has 0 aromatic rings. The monoisotopic (exact) mass is 235 g/mol. The van der Waals surface area contributed by atoms with Crippen molar-refractivity contribution in [2.24, 2.45) is 0 Å². The summed E-state index contributed by atoms with van der Waals surface area (Å²) < 4.78 is 24.7. The van der Waals surface area contributed by atoms with Gasteiger partial charge in [0.1, 0.15) is 0 Å². The van der Waals surface area contributed by atoms with Crippen LogP contribution in [0.15, 0.2) is 0 Å². The molecule has 0 spiro atoms. The summed E-state index contributed by atoms with van der Waals surface area (Å²) in [4.78, 5) is 0. The number of rotatable bonds is 6. The number of hydrogen-bond acceptors (Lipinski definition) is 4. The van der Waals surface area contributed by atoms with Crippen molar-refractivity contribution in [1.82, 2.24) is 5.32 Å². The first kappa shape index (κ1) is 12.9. The van der Waals surface area contributed by atoms with Gasteiger partial charge in [0.05, 0.1) is 6.61 Å². The van der Waals surface area contributed by atoms with Gasteiger partial charge in [0.25, 0.3) is 11.0 Å². The summed E-state index contributed by atoms with van der Waals surface area (Å²) in [6.07, 6.45) is 7.14. The minimum absolute atomic E-state index is 0.262. The molecule has 4 nitrogen and oxygen atoms in total. The smallest absolute Gasteiger partial charge is 0.257 e. The van der Waals surface area contributed by atoms with Gasteiger partial charge in [-0.15, -0.1) is 0 Å². The SMILES string of the molecule is CC1(NCCCO[SH](=O)=O)CCCCC1. The van der Waals surface area contributed by atoms with Crippen LogP contribution in [0.3, 0.4) is 0 Å². The number of nitrogens with one attached hydrogen (secondary N) is 1. The van der Waals surface area contributed by atoms with Gasteiger partial charge in [-0.2, -0.15) is 0 Å². The van der Waals surface area contributed by atoms with Crippen LogP contribution in [0.2, 0.25) is 0 Å². The molecular formula is C10H21NO3S. The maximum absolute atomic E-state index is 10.1. The maximum atomic E-state index is 10.1. The molecule has 1 aliphatic carbocycles. The van der Waals surface area contributed by atoms with E-state index < -0.39 is 11.0 Å². The topological polar surface area (TPSA) is 55.4 Å². The molecule has 90 valence electrons. The zero-order valence-corrected chi connectivity index (χ0v) is 10.2. The molecule has 0 radical (unpaired) electrons. The average Bonchev–Trinajstić information content (AvgIpc) is 2.17. The highest BCUT2D eigenvalue weighted by atomic mass is 32.2. The third-order valence-electron chi connectivity index (χ3n) is 3.03. The Morgan fingerprint density at radius 1 is 1.27 bits per heavy atom. The van der Waals surface area contributed by atoms with E-state index in [1.165, 1.54) is 32.1 Å². The van der Waals surface area contributed by atoms with E-state index in [2.05, 4.69) is 16.4 Å². The summed E-state index contributed by atoms with van der Waals surface area (Å²) in [5.41, 5.74) is 0.262. The van der Waals surface area contributed by atoms with Crippen LogP contribution in [0.25, 0.3) is 0 Å². The van der Waals surface area contributed by atoms with E-state index in [1.54, 1.807) is 0 Å². The molecule has 1 rings (SSSR count). The van der Waals surface area contributed by atoms with Crippen LogP contribution >= 0.6 is 0 Å². The molecule has 0 aromatic carbocycles. The Bertz CT molecular complexity index is 239. The molecule has 0 aromatic heterocycles. The van der Waals surface area contributed by atoms with Gasteiger partial charge in [0.15, 0.2) is 0 Å². The molecule has 5 heteroatoms. The van der Waals surface area contributed by atoms with Crippen LogP contribution in [0.1, 0.15) is 45.4 Å². The van der Waals surface area contributed by atoms with E-state index in [-0.39, 0.29) is 5.54 Å². The van der Waals surface area contributed by atoms with Gasteiger partial charge in [0, 0.05) is 5.54 Å². The second-order valence-electron chi connectivity index (χ2n) is 4.46. The molecule has 1 aliphatic rings. The average molecular weight is 235 g/mol. The molecule has 15 heavy (non-hydrogen) atoms. The lowest BCUT2D eigenvalue weighted by Gasteiger charge is -2.34. The fourth-order valence-electron chi connectivity index (χ4n) is 2.11. The van der Waals surface area contributed by atoms with Crippen molar-refractivity contribution in [1.29, 1.82) is 0 Å². The highest BCUT2D eigenvalue weighted by Crippen LogP contribution is 2.27. The lowest BCUT2D eigenvalue weighted by molar-refractivity contribution is 0.243. The van der Waals surface area contributed by atoms with Crippen molar-refractivity contribution >= 4 is 11.0 Å². The molecule has 0 atom stereocenters. The van der Waals surface area contributed by atoms with Crippen LogP contribution in [0, 0.1) is 0 Å². The normalized spacial score (nSPS) is 20.7. The third-order valence-corrected chi connectivity index (χ3v) is 3.42. The Balaban J connectivity index is 2.07. The van der Waals surface area contributed by atoms with E-state index in [4.69, 9.17) is 0 Å². The summed E-state index contributed by atoms with van der Waals surface area (Å²) in [5.74, 6) is 0. The van der Waals surface area contributed by atoms with E-state index >= 15 is 0 Å². The molecule has 0 saturated heterocycles. The molecule has 1 saturated carbocycles. The molecule has 1 N–H and O–H groups in total. The Labute approximate surface area is 93.5 Å². The highest BCUT2D eigenvalue weighted by Gasteiger charge is 2.25. The maximum Gasteiger partial charge on any atom is 0.257 e. The van der Waals surface area contributed by atoms with E-state index in [0.717, 1.165) is 13.0 Å². The molecular weight excluding hydrogens is 214 g/mol. The minimum Gasteiger partial charge on any atom is -0.311 e. The quantitative estimate of drug-likeness (QED) is 0.537. The molecule has 0 aliphatic heterocycles.